The van der Waals surface area contributed by atoms with Crippen LogP contribution in [0.1, 0.15) is 47.0 Å². The molecule has 0 spiro atoms. The lowest BCUT2D eigenvalue weighted by Crippen LogP contribution is -2.60. The second kappa shape index (κ2) is 7.66. The lowest BCUT2D eigenvalue weighted by molar-refractivity contribution is -0.141. The normalized spacial score (nSPS) is 17.2. The van der Waals surface area contributed by atoms with Gasteiger partial charge in [-0.05, 0) is 7.05 Å². The summed E-state index contributed by atoms with van der Waals surface area (Å²) < 4.78 is 0. The Morgan fingerprint density at radius 2 is 1.75 bits per heavy atom. The van der Waals surface area contributed by atoms with Crippen molar-refractivity contribution in [3.05, 3.63) is 0 Å². The number of nitrogens with one attached hydrogen (secondary N) is 1. The Morgan fingerprint density at radius 1 is 1.25 bits per heavy atom. The van der Waals surface area contributed by atoms with Gasteiger partial charge in [0.15, 0.2) is 0 Å². The highest BCUT2D eigenvalue weighted by Gasteiger charge is 2.39. The van der Waals surface area contributed by atoms with E-state index in [0.717, 1.165) is 19.6 Å². The van der Waals surface area contributed by atoms with E-state index in [4.69, 9.17) is 0 Å². The van der Waals surface area contributed by atoms with E-state index < -0.39 is 0 Å². The average molecular weight is 228 g/mol. The van der Waals surface area contributed by atoms with Crippen molar-refractivity contribution in [3.8, 4) is 0 Å². The zero-order chi connectivity index (χ0) is 12.6. The van der Waals surface area contributed by atoms with Crippen LogP contribution in [0, 0.1) is 5.41 Å². The summed E-state index contributed by atoms with van der Waals surface area (Å²) in [5.41, 5.74) is 0.319. The Hall–Kier alpha value is -0.570. The van der Waals surface area contributed by atoms with E-state index in [2.05, 4.69) is 26.1 Å². The fourth-order valence-corrected chi connectivity index (χ4v) is 1.81. The van der Waals surface area contributed by atoms with E-state index >= 15 is 0 Å². The maximum Gasteiger partial charge on any atom is 0.222 e. The van der Waals surface area contributed by atoms with E-state index in [1.54, 1.807) is 0 Å². The van der Waals surface area contributed by atoms with Crippen molar-refractivity contribution in [3.63, 3.8) is 0 Å². The molecular formula is C13H28N2O. The molecule has 0 aromatic carbocycles. The highest BCUT2D eigenvalue weighted by atomic mass is 16.2. The molecule has 1 aliphatic rings. The third-order valence-electron chi connectivity index (χ3n) is 2.90. The van der Waals surface area contributed by atoms with E-state index in [-0.39, 0.29) is 5.91 Å². The predicted octanol–water partition coefficient (Wildman–Crippen LogP) is 2.27. The van der Waals surface area contributed by atoms with Crippen LogP contribution < -0.4 is 5.32 Å². The number of hydrogen-bond donors (Lipinski definition) is 1. The van der Waals surface area contributed by atoms with E-state index in [9.17, 15) is 4.79 Å². The second-order valence-corrected chi connectivity index (χ2v) is 4.94. The van der Waals surface area contributed by atoms with Crippen LogP contribution in [0.2, 0.25) is 0 Å². The molecule has 0 atom stereocenters. The van der Waals surface area contributed by atoms with Crippen molar-refractivity contribution in [2.75, 3.05) is 26.7 Å². The molecular weight excluding hydrogens is 200 g/mol. The van der Waals surface area contributed by atoms with Crippen LogP contribution in [0.25, 0.3) is 0 Å². The summed E-state index contributed by atoms with van der Waals surface area (Å²) in [6, 6.07) is 0. The third-order valence-corrected chi connectivity index (χ3v) is 2.90. The number of unbranched alkanes of at least 4 members (excludes halogenated alkanes) is 1. The van der Waals surface area contributed by atoms with E-state index in [1.807, 2.05) is 18.9 Å². The maximum atomic E-state index is 11.2. The van der Waals surface area contributed by atoms with E-state index in [1.165, 1.54) is 12.8 Å². The van der Waals surface area contributed by atoms with Gasteiger partial charge in [0, 0.05) is 31.5 Å². The van der Waals surface area contributed by atoms with Crippen LogP contribution in [-0.4, -0.2) is 37.5 Å². The quantitative estimate of drug-likeness (QED) is 0.800. The number of nitrogens with zero attached hydrogens (tertiary/aromatic N) is 1. The minimum Gasteiger partial charge on any atom is -0.341 e. The molecule has 0 aliphatic carbocycles. The van der Waals surface area contributed by atoms with Crippen molar-refractivity contribution >= 4 is 5.91 Å². The van der Waals surface area contributed by atoms with Crippen LogP contribution >= 0.6 is 0 Å². The summed E-state index contributed by atoms with van der Waals surface area (Å²) in [5, 5.41) is 3.15. The standard InChI is InChI=1S/C9H18N2O.C4H10/c1-4-8(12)11-6-9(2,7-11)5-10-3;1-3-4-2/h10H,4-7H2,1-3H3;3-4H2,1-2H3. The summed E-state index contributed by atoms with van der Waals surface area (Å²) in [6.07, 6.45) is 3.27. The van der Waals surface area contributed by atoms with Crippen molar-refractivity contribution in [2.24, 2.45) is 5.41 Å². The van der Waals surface area contributed by atoms with E-state index in [0.29, 0.717) is 11.8 Å². The van der Waals surface area contributed by atoms with Gasteiger partial charge in [0.1, 0.15) is 0 Å². The number of carbonyl (C=O) groups excluding carboxylic acids is 1. The molecule has 16 heavy (non-hydrogen) atoms. The highest BCUT2D eigenvalue weighted by Crippen LogP contribution is 2.29. The number of carbonyl (C=O) groups is 1. The lowest BCUT2D eigenvalue weighted by Gasteiger charge is -2.48. The first-order chi connectivity index (χ1) is 7.52. The van der Waals surface area contributed by atoms with Crippen molar-refractivity contribution in [2.45, 2.75) is 47.0 Å². The summed E-state index contributed by atoms with van der Waals surface area (Å²) in [5.74, 6) is 0.281. The molecule has 0 unspecified atom stereocenters. The summed E-state index contributed by atoms with van der Waals surface area (Å²) >= 11 is 0. The molecule has 1 heterocycles. The van der Waals surface area contributed by atoms with Gasteiger partial charge in [0.05, 0.1) is 0 Å². The number of likely N-dealkylation sites (tertiary alicyclic amines) is 1. The first-order valence-corrected chi connectivity index (χ1v) is 6.45. The molecule has 1 fully saturated rings. The number of hydrogen-bond acceptors (Lipinski definition) is 2. The van der Waals surface area contributed by atoms with Gasteiger partial charge < -0.3 is 10.2 Å². The van der Waals surface area contributed by atoms with Gasteiger partial charge in [-0.2, -0.15) is 0 Å². The minimum atomic E-state index is 0.281. The first-order valence-electron chi connectivity index (χ1n) is 6.45. The smallest absolute Gasteiger partial charge is 0.222 e. The first kappa shape index (κ1) is 15.4. The van der Waals surface area contributed by atoms with Crippen molar-refractivity contribution in [1.82, 2.24) is 10.2 Å². The molecule has 1 N–H and O–H groups in total. The Labute approximate surface area is 101 Å². The molecule has 96 valence electrons. The molecule has 0 bridgehead atoms. The van der Waals surface area contributed by atoms with Crippen LogP contribution in [0.5, 0.6) is 0 Å². The zero-order valence-corrected chi connectivity index (χ0v) is 11.6. The summed E-state index contributed by atoms with van der Waals surface area (Å²) in [4.78, 5) is 13.1. The van der Waals surface area contributed by atoms with Crippen LogP contribution in [0.15, 0.2) is 0 Å². The largest absolute Gasteiger partial charge is 0.341 e. The van der Waals surface area contributed by atoms with Gasteiger partial charge in [-0.15, -0.1) is 0 Å². The summed E-state index contributed by atoms with van der Waals surface area (Å²) in [7, 11) is 1.95. The highest BCUT2D eigenvalue weighted by molar-refractivity contribution is 5.76. The van der Waals surface area contributed by atoms with Crippen LogP contribution in [0.3, 0.4) is 0 Å². The average Bonchev–Trinajstić information content (AvgIpc) is 2.25. The Balaban J connectivity index is 0.000000487. The molecule has 3 heteroatoms. The minimum absolute atomic E-state index is 0.281. The molecule has 3 nitrogen and oxygen atoms in total. The molecule has 0 aromatic rings. The monoisotopic (exact) mass is 228 g/mol. The van der Waals surface area contributed by atoms with Gasteiger partial charge in [-0.3, -0.25) is 4.79 Å². The molecule has 0 aromatic heterocycles. The SMILES string of the molecule is CCC(=O)N1CC(C)(CNC)C1.CCCC. The Kier molecular flexibility index (Phi) is 7.39. The van der Waals surface area contributed by atoms with Crippen molar-refractivity contribution in [1.29, 1.82) is 0 Å². The fraction of sp³-hybridized carbons (Fsp3) is 0.923. The van der Waals surface area contributed by atoms with Gasteiger partial charge in [-0.1, -0.05) is 40.5 Å². The Morgan fingerprint density at radius 3 is 2.06 bits per heavy atom. The van der Waals surface area contributed by atoms with Crippen LogP contribution in [0.4, 0.5) is 0 Å². The van der Waals surface area contributed by atoms with Crippen molar-refractivity contribution < 1.29 is 4.79 Å². The zero-order valence-electron chi connectivity index (χ0n) is 11.6. The fourth-order valence-electron chi connectivity index (χ4n) is 1.81. The second-order valence-electron chi connectivity index (χ2n) is 4.94. The molecule has 1 amide bonds. The number of amides is 1. The molecule has 1 rings (SSSR count). The molecule has 1 aliphatic heterocycles. The maximum absolute atomic E-state index is 11.2. The van der Waals surface area contributed by atoms with Gasteiger partial charge in [-0.25, -0.2) is 0 Å². The van der Waals surface area contributed by atoms with Gasteiger partial charge in [0.2, 0.25) is 5.91 Å². The lowest BCUT2D eigenvalue weighted by atomic mass is 9.82. The predicted molar refractivity (Wildman–Crippen MR) is 69.5 cm³/mol. The molecule has 0 radical (unpaired) electrons. The third kappa shape index (κ3) is 4.97. The van der Waals surface area contributed by atoms with Crippen LogP contribution in [-0.2, 0) is 4.79 Å². The molecule has 1 saturated heterocycles. The number of rotatable bonds is 4. The summed E-state index contributed by atoms with van der Waals surface area (Å²) in [6.45, 7) is 11.3. The molecule has 0 saturated carbocycles. The Bertz CT molecular complexity index is 196. The van der Waals surface area contributed by atoms with Gasteiger partial charge >= 0.3 is 0 Å². The van der Waals surface area contributed by atoms with Gasteiger partial charge in [0.25, 0.3) is 0 Å². The topological polar surface area (TPSA) is 32.3 Å².